The number of carbonyl (C=O) groups is 4. The quantitative estimate of drug-likeness (QED) is 0.0532. The predicted octanol–water partition coefficient (Wildman–Crippen LogP) is 11.9. The summed E-state index contributed by atoms with van der Waals surface area (Å²) in [6, 6.07) is 0.439. The van der Waals surface area contributed by atoms with Gasteiger partial charge in [0, 0.05) is 38.3 Å². The maximum atomic E-state index is 13.9. The fraction of sp³-hybridized carbons (Fsp3) is 0.846. The number of nitrogens with one attached hydrogen (secondary N) is 2. The first-order valence-electron chi connectivity index (χ1n) is 27.8. The van der Waals surface area contributed by atoms with E-state index in [1.165, 1.54) is 35.5 Å². The fourth-order valence-corrected chi connectivity index (χ4v) is 11.3. The van der Waals surface area contributed by atoms with Gasteiger partial charge in [-0.3, -0.25) is 0 Å². The summed E-state index contributed by atoms with van der Waals surface area (Å²) in [7, 11) is 0. The molecule has 0 bridgehead atoms. The Bertz CT molecular complexity index is 1580. The first-order valence-corrected chi connectivity index (χ1v) is 27.8. The van der Waals surface area contributed by atoms with Gasteiger partial charge in [-0.15, -0.1) is 0 Å². The van der Waals surface area contributed by atoms with Gasteiger partial charge in [0.05, 0.1) is 23.5 Å². The van der Waals surface area contributed by atoms with E-state index in [1.807, 2.05) is 0 Å². The van der Waals surface area contributed by atoms with Gasteiger partial charge in [0.25, 0.3) is 0 Å². The monoisotopic (exact) mass is 947 g/mol. The van der Waals surface area contributed by atoms with Crippen molar-refractivity contribution in [2.24, 2.45) is 20.3 Å². The first kappa shape index (κ1) is 51.6. The molecule has 16 heteroatoms. The summed E-state index contributed by atoms with van der Waals surface area (Å²) in [5, 5.41) is 15.4. The summed E-state index contributed by atoms with van der Waals surface area (Å²) >= 11 is 0. The average Bonchev–Trinajstić information content (AvgIpc) is 4.11. The fourth-order valence-electron chi connectivity index (χ4n) is 11.3. The molecule has 68 heavy (non-hydrogen) atoms. The van der Waals surface area contributed by atoms with E-state index < -0.39 is 0 Å². The van der Waals surface area contributed by atoms with E-state index >= 15 is 0 Å². The van der Waals surface area contributed by atoms with Crippen LogP contribution in [0.25, 0.3) is 0 Å². The molecule has 0 aromatic rings. The van der Waals surface area contributed by atoms with Gasteiger partial charge in [-0.05, 0) is 128 Å². The summed E-state index contributed by atoms with van der Waals surface area (Å²) in [5.41, 5.74) is 2.12. The molecule has 8 amide bonds. The SMILES string of the molecule is O=C1N(CCCCCCNC(=O)N(C(=NC2CCCCC2)ON=C2CCCC2)C2CCCCC2)C(=O)N1CCCCCCNC(=O)N(C(=NC1CCCCC1)ON=C1CCCC1)C1CCCCC1. The molecule has 1 heterocycles. The van der Waals surface area contributed by atoms with Crippen LogP contribution < -0.4 is 10.6 Å². The van der Waals surface area contributed by atoms with Crippen molar-refractivity contribution in [1.82, 2.24) is 30.2 Å². The Labute approximate surface area is 407 Å². The highest BCUT2D eigenvalue weighted by Gasteiger charge is 2.42. The van der Waals surface area contributed by atoms with Crippen molar-refractivity contribution in [3.63, 3.8) is 0 Å². The first-order chi connectivity index (χ1) is 33.4. The number of aliphatic imine (C=N–C) groups is 2. The molecule has 7 fully saturated rings. The lowest BCUT2D eigenvalue weighted by atomic mass is 9.94. The Hall–Kier alpha value is -4.24. The number of hydrogen-bond acceptors (Lipinski definition) is 10. The largest absolute Gasteiger partial charge is 0.338 e. The van der Waals surface area contributed by atoms with Gasteiger partial charge in [0.15, 0.2) is 0 Å². The molecule has 0 spiro atoms. The van der Waals surface area contributed by atoms with Gasteiger partial charge in [-0.2, -0.15) is 0 Å². The second-order valence-corrected chi connectivity index (χ2v) is 20.8. The minimum Gasteiger partial charge on any atom is -0.338 e. The molecule has 6 aliphatic carbocycles. The molecule has 0 aromatic heterocycles. The lowest BCUT2D eigenvalue weighted by molar-refractivity contribution is 0.103. The van der Waals surface area contributed by atoms with Crippen LogP contribution >= 0.6 is 0 Å². The summed E-state index contributed by atoms with van der Waals surface area (Å²) in [6.07, 6.45) is 36.5. The highest BCUT2D eigenvalue weighted by atomic mass is 16.7. The molecule has 0 aromatic carbocycles. The van der Waals surface area contributed by atoms with Gasteiger partial charge < -0.3 is 20.3 Å². The topological polar surface area (TPSA) is 173 Å². The van der Waals surface area contributed by atoms with Crippen molar-refractivity contribution >= 4 is 47.6 Å². The number of rotatable bonds is 20. The zero-order chi connectivity index (χ0) is 47.2. The lowest BCUT2D eigenvalue weighted by Crippen LogP contribution is -2.64. The van der Waals surface area contributed by atoms with Crippen molar-refractivity contribution < 1.29 is 28.9 Å². The number of carbonyl (C=O) groups excluding carboxylic acids is 4. The van der Waals surface area contributed by atoms with Crippen molar-refractivity contribution in [2.45, 2.75) is 255 Å². The van der Waals surface area contributed by atoms with Gasteiger partial charge in [0.1, 0.15) is 0 Å². The second kappa shape index (κ2) is 28.4. The summed E-state index contributed by atoms with van der Waals surface area (Å²) in [4.78, 5) is 82.3. The molecule has 380 valence electrons. The minimum absolute atomic E-state index is 0.0520. The second-order valence-electron chi connectivity index (χ2n) is 20.8. The molecule has 0 atom stereocenters. The van der Waals surface area contributed by atoms with Crippen molar-refractivity contribution in [2.75, 3.05) is 26.2 Å². The molecule has 7 aliphatic rings. The van der Waals surface area contributed by atoms with E-state index in [9.17, 15) is 19.2 Å². The number of amidine groups is 2. The number of oxime groups is 2. The number of imide groups is 2. The standard InChI is InChI=1S/C52H86N10O6/c63-47(61(45-33-13-7-14-34-45)49(55-41-25-9-5-10-26-41)67-57-43-29-17-18-30-43)53-37-21-1-3-23-39-59-51(65)60(52(59)66)40-24-4-2-22-38-54-48(64)62(46-35-15-8-16-36-46)50(56-42-27-11-6-12-28-42)68-58-44-31-19-20-32-44/h41-42,45-46H,1-40H2,(H,53,63)(H,54,64). The van der Waals surface area contributed by atoms with Crippen LogP contribution in [0.4, 0.5) is 19.2 Å². The van der Waals surface area contributed by atoms with Crippen LogP contribution in [0, 0.1) is 0 Å². The van der Waals surface area contributed by atoms with Crippen molar-refractivity contribution in [1.29, 1.82) is 0 Å². The zero-order valence-electron chi connectivity index (χ0n) is 41.6. The van der Waals surface area contributed by atoms with Crippen molar-refractivity contribution in [3.05, 3.63) is 0 Å². The Morgan fingerprint density at radius 2 is 0.794 bits per heavy atom. The van der Waals surface area contributed by atoms with Crippen LogP contribution in [0.5, 0.6) is 0 Å². The predicted molar refractivity (Wildman–Crippen MR) is 268 cm³/mol. The molecular weight excluding hydrogens is 861 g/mol. The Balaban J connectivity index is 0.779. The molecule has 0 unspecified atom stereocenters. The molecule has 16 nitrogen and oxygen atoms in total. The number of amides is 8. The maximum absolute atomic E-state index is 13.9. The zero-order valence-corrected chi connectivity index (χ0v) is 41.6. The third kappa shape index (κ3) is 15.9. The van der Waals surface area contributed by atoms with Gasteiger partial charge in [0.2, 0.25) is 0 Å². The van der Waals surface area contributed by atoms with Crippen LogP contribution in [0.2, 0.25) is 0 Å². The minimum atomic E-state index is -0.211. The third-order valence-corrected chi connectivity index (χ3v) is 15.4. The maximum Gasteiger partial charge on any atom is 0.336 e. The van der Waals surface area contributed by atoms with Gasteiger partial charge >= 0.3 is 36.2 Å². The van der Waals surface area contributed by atoms with Crippen LogP contribution in [-0.2, 0) is 9.68 Å². The summed E-state index contributed by atoms with van der Waals surface area (Å²) in [5.74, 6) is 0. The molecule has 1 aliphatic heterocycles. The van der Waals surface area contributed by atoms with E-state index in [4.69, 9.17) is 19.7 Å². The van der Waals surface area contributed by atoms with E-state index in [2.05, 4.69) is 20.9 Å². The molecular formula is C52H86N10O6. The number of hydrogen-bond donors (Lipinski definition) is 2. The van der Waals surface area contributed by atoms with E-state index in [-0.39, 0.29) is 48.3 Å². The summed E-state index contributed by atoms with van der Waals surface area (Å²) in [6.45, 7) is 1.91. The normalized spacial score (nSPS) is 21.8. The highest BCUT2D eigenvalue weighted by Crippen LogP contribution is 2.29. The Kier molecular flexibility index (Phi) is 21.6. The smallest absolute Gasteiger partial charge is 0.336 e. The molecule has 6 saturated carbocycles. The number of urea groups is 4. The molecule has 1 saturated heterocycles. The summed E-state index contributed by atoms with van der Waals surface area (Å²) < 4.78 is 0. The van der Waals surface area contributed by atoms with Crippen LogP contribution in [0.15, 0.2) is 20.3 Å². The highest BCUT2D eigenvalue weighted by molar-refractivity contribution is 6.11. The number of unbranched alkanes of at least 4 members (excludes halogenated alkanes) is 6. The average molecular weight is 947 g/mol. The Morgan fingerprint density at radius 1 is 0.456 bits per heavy atom. The number of nitrogens with zero attached hydrogens (tertiary/aromatic N) is 8. The van der Waals surface area contributed by atoms with Gasteiger partial charge in [-0.1, -0.05) is 113 Å². The van der Waals surface area contributed by atoms with Gasteiger partial charge in [-0.25, -0.2) is 48.8 Å². The van der Waals surface area contributed by atoms with Crippen LogP contribution in [0.1, 0.15) is 231 Å². The molecule has 7 rings (SSSR count). The van der Waals surface area contributed by atoms with E-state index in [1.54, 1.807) is 9.80 Å². The van der Waals surface area contributed by atoms with Crippen molar-refractivity contribution in [3.8, 4) is 0 Å². The van der Waals surface area contributed by atoms with E-state index in [0.717, 1.165) is 217 Å². The molecule has 2 N–H and O–H groups in total. The third-order valence-electron chi connectivity index (χ3n) is 15.4. The van der Waals surface area contributed by atoms with E-state index in [0.29, 0.717) is 38.2 Å². The lowest BCUT2D eigenvalue weighted by Gasteiger charge is -2.39. The molecule has 0 radical (unpaired) electrons. The Morgan fingerprint density at radius 3 is 1.16 bits per heavy atom. The van der Waals surface area contributed by atoms with Crippen LogP contribution in [-0.4, -0.2) is 118 Å². The van der Waals surface area contributed by atoms with Crippen LogP contribution in [0.3, 0.4) is 0 Å².